The number of allylic oxidation sites excluding steroid dienone is 1. The third-order valence-electron chi connectivity index (χ3n) is 6.40. The van der Waals surface area contributed by atoms with Gasteiger partial charge in [-0.3, -0.25) is 9.69 Å². The molecule has 0 spiro atoms. The molecule has 2 heterocycles. The molecule has 28 heavy (non-hydrogen) atoms. The highest BCUT2D eigenvalue weighted by Crippen LogP contribution is 2.42. The van der Waals surface area contributed by atoms with Gasteiger partial charge < -0.3 is 4.90 Å². The SMILES string of the molecule is CCN1CCC[C@@H]1CNS(=O)(=O)c1ccc2c(c1)C(=C1CCCC1)C(=O)N2C. The Hall–Kier alpha value is -1.70. The maximum Gasteiger partial charge on any atom is 0.258 e. The molecule has 0 aromatic heterocycles. The van der Waals surface area contributed by atoms with Gasteiger partial charge in [0.15, 0.2) is 0 Å². The third-order valence-corrected chi connectivity index (χ3v) is 7.82. The lowest BCUT2D eigenvalue weighted by atomic mass is 10.00. The van der Waals surface area contributed by atoms with Crippen LogP contribution >= 0.6 is 0 Å². The van der Waals surface area contributed by atoms with Crippen LogP contribution in [0.25, 0.3) is 5.57 Å². The lowest BCUT2D eigenvalue weighted by Crippen LogP contribution is -2.40. The molecule has 1 aromatic carbocycles. The fourth-order valence-corrected chi connectivity index (χ4v) is 5.89. The highest BCUT2D eigenvalue weighted by atomic mass is 32.2. The van der Waals surface area contributed by atoms with Crippen molar-refractivity contribution < 1.29 is 13.2 Å². The van der Waals surface area contributed by atoms with Crippen molar-refractivity contribution in [1.29, 1.82) is 0 Å². The van der Waals surface area contributed by atoms with Crippen LogP contribution in [0.15, 0.2) is 28.7 Å². The van der Waals surface area contributed by atoms with Gasteiger partial charge in [-0.05, 0) is 69.8 Å². The Morgan fingerprint density at radius 3 is 2.64 bits per heavy atom. The van der Waals surface area contributed by atoms with E-state index < -0.39 is 10.0 Å². The number of rotatable bonds is 5. The quantitative estimate of drug-likeness (QED) is 0.768. The van der Waals surface area contributed by atoms with Gasteiger partial charge in [0, 0.05) is 30.8 Å². The molecular formula is C21H29N3O3S. The molecule has 0 unspecified atom stereocenters. The second-order valence-corrected chi connectivity index (χ2v) is 9.77. The minimum atomic E-state index is -3.61. The summed E-state index contributed by atoms with van der Waals surface area (Å²) in [6, 6.07) is 5.32. The topological polar surface area (TPSA) is 69.7 Å². The number of nitrogens with zero attached hydrogens (tertiary/aromatic N) is 2. The molecule has 2 aliphatic heterocycles. The van der Waals surface area contributed by atoms with Crippen LogP contribution < -0.4 is 9.62 Å². The molecule has 3 aliphatic rings. The predicted octanol–water partition coefficient (Wildman–Crippen LogP) is 2.75. The van der Waals surface area contributed by atoms with Gasteiger partial charge in [-0.15, -0.1) is 0 Å². The van der Waals surface area contributed by atoms with Gasteiger partial charge >= 0.3 is 0 Å². The number of sulfonamides is 1. The van der Waals surface area contributed by atoms with Gasteiger partial charge in [-0.2, -0.15) is 0 Å². The Morgan fingerprint density at radius 2 is 1.93 bits per heavy atom. The molecule has 1 aliphatic carbocycles. The Labute approximate surface area is 167 Å². The fraction of sp³-hybridized carbons (Fsp3) is 0.571. The first-order valence-corrected chi connectivity index (χ1v) is 11.8. The van der Waals surface area contributed by atoms with Gasteiger partial charge in [0.25, 0.3) is 5.91 Å². The third kappa shape index (κ3) is 3.40. The number of amides is 1. The summed E-state index contributed by atoms with van der Waals surface area (Å²) in [5, 5.41) is 0. The normalized spacial score (nSPS) is 23.1. The summed E-state index contributed by atoms with van der Waals surface area (Å²) < 4.78 is 28.7. The molecule has 152 valence electrons. The van der Waals surface area contributed by atoms with Crippen molar-refractivity contribution in [3.8, 4) is 0 Å². The van der Waals surface area contributed by atoms with Crippen molar-refractivity contribution in [2.24, 2.45) is 0 Å². The highest BCUT2D eigenvalue weighted by Gasteiger charge is 2.34. The summed E-state index contributed by atoms with van der Waals surface area (Å²) in [5.74, 6) is -0.0149. The van der Waals surface area contributed by atoms with E-state index in [0.717, 1.165) is 68.4 Å². The summed E-state index contributed by atoms with van der Waals surface area (Å²) in [7, 11) is -1.85. The van der Waals surface area contributed by atoms with E-state index in [1.807, 2.05) is 0 Å². The van der Waals surface area contributed by atoms with Crippen LogP contribution in [-0.4, -0.2) is 51.9 Å². The first kappa shape index (κ1) is 19.6. The van der Waals surface area contributed by atoms with E-state index in [2.05, 4.69) is 16.5 Å². The van der Waals surface area contributed by atoms with Crippen LogP contribution in [0.1, 0.15) is 51.0 Å². The number of likely N-dealkylation sites (N-methyl/N-ethyl adjacent to an activating group) is 2. The number of hydrogen-bond donors (Lipinski definition) is 1. The summed E-state index contributed by atoms with van der Waals surface area (Å²) in [6.45, 7) is 4.52. The zero-order valence-electron chi connectivity index (χ0n) is 16.7. The molecule has 0 bridgehead atoms. The van der Waals surface area contributed by atoms with Crippen LogP contribution in [0.3, 0.4) is 0 Å². The standard InChI is InChI=1S/C21H29N3O3S/c1-3-24-12-6-9-16(24)14-22-28(26,27)17-10-11-19-18(13-17)20(21(25)23(19)2)15-7-4-5-8-15/h10-11,13,16,22H,3-9,12,14H2,1-2H3/t16-/m1/s1. The fourth-order valence-electron chi connectivity index (χ4n) is 4.79. The average Bonchev–Trinajstić information content (AvgIpc) is 3.41. The van der Waals surface area contributed by atoms with Crippen molar-refractivity contribution in [3.63, 3.8) is 0 Å². The van der Waals surface area contributed by atoms with Crippen molar-refractivity contribution in [1.82, 2.24) is 9.62 Å². The molecule has 2 fully saturated rings. The van der Waals surface area contributed by atoms with E-state index in [-0.39, 0.29) is 16.8 Å². The number of anilines is 1. The molecule has 1 amide bonds. The molecule has 6 nitrogen and oxygen atoms in total. The minimum absolute atomic E-state index is 0.0149. The molecule has 1 aromatic rings. The van der Waals surface area contributed by atoms with Crippen molar-refractivity contribution in [2.45, 2.75) is 56.4 Å². The number of carbonyl (C=O) groups is 1. The van der Waals surface area contributed by atoms with Crippen LogP contribution in [0.5, 0.6) is 0 Å². The van der Waals surface area contributed by atoms with Gasteiger partial charge in [-0.25, -0.2) is 13.1 Å². The van der Waals surface area contributed by atoms with Crippen LogP contribution in [0, 0.1) is 0 Å². The van der Waals surface area contributed by atoms with E-state index in [9.17, 15) is 13.2 Å². The Morgan fingerprint density at radius 1 is 1.18 bits per heavy atom. The number of likely N-dealkylation sites (tertiary alicyclic amines) is 1. The molecular weight excluding hydrogens is 374 g/mol. The van der Waals surface area contributed by atoms with E-state index in [4.69, 9.17) is 0 Å². The van der Waals surface area contributed by atoms with Crippen LogP contribution in [0.2, 0.25) is 0 Å². The summed E-state index contributed by atoms with van der Waals surface area (Å²) in [5.41, 5.74) is 3.46. The van der Waals surface area contributed by atoms with Crippen molar-refractivity contribution in [2.75, 3.05) is 31.6 Å². The number of benzene rings is 1. The Balaban J connectivity index is 1.61. The first-order chi connectivity index (χ1) is 13.4. The first-order valence-electron chi connectivity index (χ1n) is 10.3. The summed E-state index contributed by atoms with van der Waals surface area (Å²) in [4.78, 5) is 17.0. The second-order valence-electron chi connectivity index (χ2n) is 8.01. The van der Waals surface area contributed by atoms with Gasteiger partial charge in [0.2, 0.25) is 10.0 Å². The Bertz CT molecular complexity index is 915. The lowest BCUT2D eigenvalue weighted by Gasteiger charge is -2.22. The number of fused-ring (bicyclic) bond motifs is 1. The van der Waals surface area contributed by atoms with Crippen LogP contribution in [0.4, 0.5) is 5.69 Å². The largest absolute Gasteiger partial charge is 0.311 e. The molecule has 1 N–H and O–H groups in total. The molecule has 1 saturated carbocycles. The molecule has 4 rings (SSSR count). The zero-order chi connectivity index (χ0) is 19.9. The molecule has 7 heteroatoms. The molecule has 1 atom stereocenters. The monoisotopic (exact) mass is 403 g/mol. The highest BCUT2D eigenvalue weighted by molar-refractivity contribution is 7.89. The average molecular weight is 404 g/mol. The maximum atomic E-state index is 12.9. The minimum Gasteiger partial charge on any atom is -0.311 e. The predicted molar refractivity (Wildman–Crippen MR) is 111 cm³/mol. The van der Waals surface area contributed by atoms with E-state index in [1.165, 1.54) is 5.57 Å². The molecule has 0 radical (unpaired) electrons. The smallest absolute Gasteiger partial charge is 0.258 e. The summed E-state index contributed by atoms with van der Waals surface area (Å²) >= 11 is 0. The number of hydrogen-bond acceptors (Lipinski definition) is 4. The maximum absolute atomic E-state index is 12.9. The van der Waals surface area contributed by atoms with E-state index in [0.29, 0.717) is 6.54 Å². The van der Waals surface area contributed by atoms with Crippen LogP contribution in [-0.2, 0) is 14.8 Å². The van der Waals surface area contributed by atoms with Gasteiger partial charge in [-0.1, -0.05) is 12.5 Å². The van der Waals surface area contributed by atoms with E-state index >= 15 is 0 Å². The van der Waals surface area contributed by atoms with Crippen molar-refractivity contribution in [3.05, 3.63) is 29.3 Å². The van der Waals surface area contributed by atoms with Gasteiger partial charge in [0.1, 0.15) is 0 Å². The molecule has 1 saturated heterocycles. The Kier molecular flexibility index (Phi) is 5.33. The van der Waals surface area contributed by atoms with Gasteiger partial charge in [0.05, 0.1) is 10.6 Å². The lowest BCUT2D eigenvalue weighted by molar-refractivity contribution is -0.112. The summed E-state index contributed by atoms with van der Waals surface area (Å²) in [6.07, 6.45) is 6.19. The number of nitrogens with one attached hydrogen (secondary N) is 1. The number of carbonyl (C=O) groups excluding carboxylic acids is 1. The van der Waals surface area contributed by atoms with Crippen molar-refractivity contribution >= 4 is 27.2 Å². The van der Waals surface area contributed by atoms with E-state index in [1.54, 1.807) is 30.1 Å². The zero-order valence-corrected chi connectivity index (χ0v) is 17.5. The second kappa shape index (κ2) is 7.61.